The van der Waals surface area contributed by atoms with Crippen molar-refractivity contribution in [2.45, 2.75) is 52.0 Å². The molecule has 8 rings (SSSR count). The third-order valence-electron chi connectivity index (χ3n) is 8.91. The zero-order chi connectivity index (χ0) is 28.2. The molecule has 3 aromatic carbocycles. The minimum absolute atomic E-state index is 0.424. The summed E-state index contributed by atoms with van der Waals surface area (Å²) in [6.07, 6.45) is 9.88. The Kier molecular flexibility index (Phi) is 5.80. The standard InChI is InChI=1S/C34H30N8/c1-20-21(2)36-32(23-8-9-26-19-35-15-14-22(26)16-23)28-12-10-25(17-29(20)28)34-37-30-18-24(33-38-40-41-39-33)11-13-31(30)42(34)27-6-4-3-5-7-27/h8-19,27H,3-7H2,1-2H3,(H,38,39,40,41). The zero-order valence-corrected chi connectivity index (χ0v) is 23.7. The van der Waals surface area contributed by atoms with Gasteiger partial charge in [-0.25, -0.2) is 4.98 Å². The molecule has 0 atom stereocenters. The quantitative estimate of drug-likeness (QED) is 0.240. The molecule has 206 valence electrons. The fourth-order valence-corrected chi connectivity index (χ4v) is 6.59. The van der Waals surface area contributed by atoms with Crippen LogP contribution in [0.1, 0.15) is 49.4 Å². The van der Waals surface area contributed by atoms with Gasteiger partial charge in [-0.05, 0) is 84.6 Å². The van der Waals surface area contributed by atoms with E-state index in [-0.39, 0.29) is 0 Å². The third kappa shape index (κ3) is 4.05. The van der Waals surface area contributed by atoms with Crippen LogP contribution in [0.2, 0.25) is 0 Å². The summed E-state index contributed by atoms with van der Waals surface area (Å²) in [7, 11) is 0. The number of hydrogen-bond acceptors (Lipinski definition) is 6. The lowest BCUT2D eigenvalue weighted by molar-refractivity contribution is 0.362. The maximum atomic E-state index is 5.26. The number of benzene rings is 3. The second kappa shape index (κ2) is 9.83. The van der Waals surface area contributed by atoms with E-state index in [4.69, 9.17) is 9.97 Å². The van der Waals surface area contributed by atoms with Crippen molar-refractivity contribution >= 4 is 32.6 Å². The summed E-state index contributed by atoms with van der Waals surface area (Å²) in [5.41, 5.74) is 8.47. The van der Waals surface area contributed by atoms with Gasteiger partial charge in [0.25, 0.3) is 0 Å². The van der Waals surface area contributed by atoms with Crippen LogP contribution in [0, 0.1) is 13.8 Å². The van der Waals surface area contributed by atoms with E-state index in [9.17, 15) is 0 Å². The largest absolute Gasteiger partial charge is 0.321 e. The molecule has 1 fully saturated rings. The van der Waals surface area contributed by atoms with Crippen LogP contribution in [0.5, 0.6) is 0 Å². The molecular weight excluding hydrogens is 520 g/mol. The number of aryl methyl sites for hydroxylation is 2. The lowest BCUT2D eigenvalue weighted by Gasteiger charge is -2.26. The molecule has 1 aliphatic rings. The van der Waals surface area contributed by atoms with Gasteiger partial charge in [0, 0.05) is 51.6 Å². The summed E-state index contributed by atoms with van der Waals surface area (Å²) in [5.74, 6) is 1.59. The highest BCUT2D eigenvalue weighted by Gasteiger charge is 2.24. The van der Waals surface area contributed by atoms with Gasteiger partial charge in [-0.2, -0.15) is 5.21 Å². The molecule has 4 aromatic heterocycles. The lowest BCUT2D eigenvalue weighted by Crippen LogP contribution is -2.14. The number of tetrazole rings is 1. The van der Waals surface area contributed by atoms with Crippen molar-refractivity contribution in [2.75, 3.05) is 0 Å². The van der Waals surface area contributed by atoms with Crippen LogP contribution >= 0.6 is 0 Å². The summed E-state index contributed by atoms with van der Waals surface area (Å²) in [4.78, 5) is 14.6. The SMILES string of the molecule is Cc1nc(-c2ccc3cnccc3c2)c2ccc(-c3nc4cc(-c5nn[nH]n5)ccc4n3C3CCCCC3)cc2c1C. The molecule has 0 bridgehead atoms. The Balaban J connectivity index is 1.32. The van der Waals surface area contributed by atoms with E-state index in [1.807, 2.05) is 12.4 Å². The van der Waals surface area contributed by atoms with Gasteiger partial charge in [-0.15, -0.1) is 10.2 Å². The van der Waals surface area contributed by atoms with Crippen LogP contribution < -0.4 is 0 Å². The van der Waals surface area contributed by atoms with Crippen molar-refractivity contribution in [1.29, 1.82) is 0 Å². The van der Waals surface area contributed by atoms with Crippen LogP contribution in [0.3, 0.4) is 0 Å². The Bertz CT molecular complexity index is 2100. The minimum Gasteiger partial charge on any atom is -0.321 e. The Hall–Kier alpha value is -4.98. The van der Waals surface area contributed by atoms with Gasteiger partial charge in [-0.3, -0.25) is 9.97 Å². The van der Waals surface area contributed by atoms with Gasteiger partial charge < -0.3 is 4.57 Å². The van der Waals surface area contributed by atoms with E-state index in [1.165, 1.54) is 43.1 Å². The van der Waals surface area contributed by atoms with Gasteiger partial charge in [0.2, 0.25) is 5.82 Å². The monoisotopic (exact) mass is 550 g/mol. The fourth-order valence-electron chi connectivity index (χ4n) is 6.59. The highest BCUT2D eigenvalue weighted by Crippen LogP contribution is 2.39. The number of hydrogen-bond donors (Lipinski definition) is 1. The fraction of sp³-hybridized carbons (Fsp3) is 0.235. The molecule has 0 aliphatic heterocycles. The van der Waals surface area contributed by atoms with E-state index < -0.39 is 0 Å². The summed E-state index contributed by atoms with van der Waals surface area (Å²) in [6.45, 7) is 4.28. The highest BCUT2D eigenvalue weighted by atomic mass is 15.5. The number of aromatic nitrogens is 8. The Morgan fingerprint density at radius 2 is 1.64 bits per heavy atom. The number of nitrogens with one attached hydrogen (secondary N) is 1. The molecular formula is C34H30N8. The maximum absolute atomic E-state index is 5.26. The first-order chi connectivity index (χ1) is 20.6. The van der Waals surface area contributed by atoms with Crippen LogP contribution in [-0.4, -0.2) is 40.1 Å². The van der Waals surface area contributed by atoms with Crippen LogP contribution in [0.15, 0.2) is 73.1 Å². The molecule has 0 unspecified atom stereocenters. The summed E-state index contributed by atoms with van der Waals surface area (Å²) in [5, 5.41) is 19.3. The second-order valence-electron chi connectivity index (χ2n) is 11.4. The Morgan fingerprint density at radius 3 is 2.50 bits per heavy atom. The predicted molar refractivity (Wildman–Crippen MR) is 166 cm³/mol. The summed E-state index contributed by atoms with van der Waals surface area (Å²) < 4.78 is 2.48. The van der Waals surface area contributed by atoms with Crippen molar-refractivity contribution in [3.8, 4) is 34.0 Å². The molecule has 1 aliphatic carbocycles. The van der Waals surface area contributed by atoms with Crippen molar-refractivity contribution in [2.24, 2.45) is 0 Å². The van der Waals surface area contributed by atoms with Crippen LogP contribution in [0.4, 0.5) is 0 Å². The number of H-pyrrole nitrogens is 1. The summed E-state index contributed by atoms with van der Waals surface area (Å²) in [6, 6.07) is 22.1. The molecule has 0 radical (unpaired) electrons. The first-order valence-corrected chi connectivity index (χ1v) is 14.7. The first kappa shape index (κ1) is 24.8. The maximum Gasteiger partial charge on any atom is 0.204 e. The van der Waals surface area contributed by atoms with Gasteiger partial charge in [-0.1, -0.05) is 43.5 Å². The van der Waals surface area contributed by atoms with Crippen molar-refractivity contribution in [3.05, 3.63) is 84.3 Å². The molecule has 8 heteroatoms. The number of fused-ring (bicyclic) bond motifs is 3. The van der Waals surface area contributed by atoms with E-state index in [0.717, 1.165) is 61.1 Å². The first-order valence-electron chi connectivity index (χ1n) is 14.7. The van der Waals surface area contributed by atoms with Gasteiger partial charge in [0.05, 0.1) is 16.7 Å². The van der Waals surface area contributed by atoms with Gasteiger partial charge in [0.1, 0.15) is 5.82 Å². The molecule has 0 saturated heterocycles. The van der Waals surface area contributed by atoms with Gasteiger partial charge in [0.15, 0.2) is 0 Å². The number of pyridine rings is 2. The number of imidazole rings is 1. The topological polar surface area (TPSA) is 98.1 Å². The smallest absolute Gasteiger partial charge is 0.204 e. The molecule has 1 N–H and O–H groups in total. The van der Waals surface area contributed by atoms with E-state index in [0.29, 0.717) is 11.9 Å². The molecule has 4 heterocycles. The average molecular weight is 551 g/mol. The molecule has 7 aromatic rings. The van der Waals surface area contributed by atoms with E-state index in [2.05, 4.69) is 105 Å². The van der Waals surface area contributed by atoms with E-state index >= 15 is 0 Å². The number of nitrogens with zero attached hydrogens (tertiary/aromatic N) is 7. The molecule has 1 saturated carbocycles. The lowest BCUT2D eigenvalue weighted by atomic mass is 9.94. The Labute approximate surface area is 242 Å². The van der Waals surface area contributed by atoms with Gasteiger partial charge >= 0.3 is 0 Å². The zero-order valence-electron chi connectivity index (χ0n) is 23.7. The molecule has 0 spiro atoms. The van der Waals surface area contributed by atoms with Crippen molar-refractivity contribution < 1.29 is 0 Å². The Morgan fingerprint density at radius 1 is 0.786 bits per heavy atom. The van der Waals surface area contributed by atoms with E-state index in [1.54, 1.807) is 0 Å². The van der Waals surface area contributed by atoms with Crippen LogP contribution in [0.25, 0.3) is 66.6 Å². The molecule has 42 heavy (non-hydrogen) atoms. The normalized spacial score (nSPS) is 14.3. The van der Waals surface area contributed by atoms with Crippen molar-refractivity contribution in [1.82, 2.24) is 40.1 Å². The molecule has 0 amide bonds. The second-order valence-corrected chi connectivity index (χ2v) is 11.4. The number of rotatable bonds is 4. The van der Waals surface area contributed by atoms with Crippen LogP contribution in [-0.2, 0) is 0 Å². The van der Waals surface area contributed by atoms with Crippen molar-refractivity contribution in [3.63, 3.8) is 0 Å². The number of aromatic amines is 1. The minimum atomic E-state index is 0.424. The third-order valence-corrected chi connectivity index (χ3v) is 8.91. The highest BCUT2D eigenvalue weighted by molar-refractivity contribution is 6.00. The molecule has 8 nitrogen and oxygen atoms in total. The average Bonchev–Trinajstić information content (AvgIpc) is 3.71. The summed E-state index contributed by atoms with van der Waals surface area (Å²) >= 11 is 0. The predicted octanol–water partition coefficient (Wildman–Crippen LogP) is 7.77.